The zero-order valence-electron chi connectivity index (χ0n) is 7.84. The van der Waals surface area contributed by atoms with Crippen molar-refractivity contribution < 1.29 is 0 Å². The lowest BCUT2D eigenvalue weighted by atomic mass is 9.97. The van der Waals surface area contributed by atoms with Crippen LogP contribution in [0.2, 0.25) is 0 Å². The molecule has 3 unspecified atom stereocenters. The van der Waals surface area contributed by atoms with Crippen molar-refractivity contribution in [3.05, 3.63) is 0 Å². The van der Waals surface area contributed by atoms with Crippen molar-refractivity contribution in [2.24, 2.45) is 23.7 Å². The third-order valence-corrected chi connectivity index (χ3v) is 3.63. The van der Waals surface area contributed by atoms with Gasteiger partial charge in [-0.25, -0.2) is 0 Å². The molecule has 0 aromatic carbocycles. The molecule has 0 aliphatic heterocycles. The third kappa shape index (κ3) is 1.98. The Hall–Kier alpha value is 0. The molecular weight excluding hydrogens is 132 g/mol. The lowest BCUT2D eigenvalue weighted by Crippen LogP contribution is -1.98. The molecule has 2 aliphatic carbocycles. The highest BCUT2D eigenvalue weighted by molar-refractivity contribution is 4.87. The van der Waals surface area contributed by atoms with Gasteiger partial charge in [0.2, 0.25) is 0 Å². The molecule has 0 aromatic heterocycles. The minimum absolute atomic E-state index is 1.03. The normalized spacial score (nSPS) is 38.7. The lowest BCUT2D eigenvalue weighted by Gasteiger charge is -2.08. The molecule has 0 nitrogen and oxygen atoms in total. The van der Waals surface area contributed by atoms with Gasteiger partial charge >= 0.3 is 0 Å². The highest BCUT2D eigenvalue weighted by atomic mass is 14.4. The minimum Gasteiger partial charge on any atom is -0.0622 e. The Morgan fingerprint density at radius 1 is 1.36 bits per heavy atom. The standard InChI is InChI=1S/C11H20/c1-8(11-7-9(11)2)3-4-10-5-6-10/h8-11H,3-7H2,1-2H3. The number of hydrogen-bond acceptors (Lipinski definition) is 0. The van der Waals surface area contributed by atoms with E-state index in [2.05, 4.69) is 13.8 Å². The van der Waals surface area contributed by atoms with Gasteiger partial charge in [-0.3, -0.25) is 0 Å². The van der Waals surface area contributed by atoms with Crippen molar-refractivity contribution in [3.63, 3.8) is 0 Å². The molecule has 0 radical (unpaired) electrons. The quantitative estimate of drug-likeness (QED) is 0.578. The van der Waals surface area contributed by atoms with Gasteiger partial charge < -0.3 is 0 Å². The molecule has 0 N–H and O–H groups in total. The van der Waals surface area contributed by atoms with Crippen molar-refractivity contribution >= 4 is 0 Å². The van der Waals surface area contributed by atoms with Crippen LogP contribution in [0.1, 0.15) is 46.0 Å². The second-order valence-corrected chi connectivity index (χ2v) is 4.87. The topological polar surface area (TPSA) is 0 Å². The Kier molecular flexibility index (Phi) is 1.95. The molecule has 2 rings (SSSR count). The van der Waals surface area contributed by atoms with Crippen LogP contribution in [0.4, 0.5) is 0 Å². The summed E-state index contributed by atoms with van der Waals surface area (Å²) in [5.74, 6) is 4.34. The van der Waals surface area contributed by atoms with Gasteiger partial charge in [-0.2, -0.15) is 0 Å². The molecule has 0 bridgehead atoms. The second-order valence-electron chi connectivity index (χ2n) is 4.87. The van der Waals surface area contributed by atoms with E-state index in [1.54, 1.807) is 0 Å². The van der Waals surface area contributed by atoms with Crippen LogP contribution >= 0.6 is 0 Å². The van der Waals surface area contributed by atoms with Gasteiger partial charge in [0.1, 0.15) is 0 Å². The summed E-state index contributed by atoms with van der Waals surface area (Å²) in [7, 11) is 0. The average Bonchev–Trinajstić information content (AvgIpc) is 2.78. The van der Waals surface area contributed by atoms with E-state index in [1.807, 2.05) is 0 Å². The van der Waals surface area contributed by atoms with E-state index in [4.69, 9.17) is 0 Å². The maximum absolute atomic E-state index is 2.45. The predicted molar refractivity (Wildman–Crippen MR) is 48.4 cm³/mol. The molecule has 64 valence electrons. The van der Waals surface area contributed by atoms with E-state index in [0.717, 1.165) is 23.7 Å². The highest BCUT2D eigenvalue weighted by Gasteiger charge is 2.37. The zero-order valence-corrected chi connectivity index (χ0v) is 7.84. The Morgan fingerprint density at radius 3 is 2.45 bits per heavy atom. The average molecular weight is 152 g/mol. The van der Waals surface area contributed by atoms with Crippen molar-refractivity contribution in [2.75, 3.05) is 0 Å². The van der Waals surface area contributed by atoms with Crippen molar-refractivity contribution in [2.45, 2.75) is 46.0 Å². The predicted octanol–water partition coefficient (Wildman–Crippen LogP) is 3.47. The third-order valence-electron chi connectivity index (χ3n) is 3.63. The first-order valence-electron chi connectivity index (χ1n) is 5.27. The monoisotopic (exact) mass is 152 g/mol. The molecule has 2 aliphatic rings. The molecule has 2 saturated carbocycles. The van der Waals surface area contributed by atoms with Crippen LogP contribution in [0.15, 0.2) is 0 Å². The Labute approximate surface area is 70.4 Å². The summed E-state index contributed by atoms with van der Waals surface area (Å²) in [6, 6.07) is 0. The molecule has 0 heteroatoms. The van der Waals surface area contributed by atoms with Gasteiger partial charge in [-0.05, 0) is 30.1 Å². The summed E-state index contributed by atoms with van der Waals surface area (Å²) in [5, 5.41) is 0. The molecule has 0 heterocycles. The second kappa shape index (κ2) is 2.80. The van der Waals surface area contributed by atoms with Crippen LogP contribution in [0.5, 0.6) is 0 Å². The first-order valence-corrected chi connectivity index (χ1v) is 5.27. The Morgan fingerprint density at radius 2 is 2.00 bits per heavy atom. The fourth-order valence-corrected chi connectivity index (χ4v) is 2.26. The molecule has 0 spiro atoms. The molecule has 3 atom stereocenters. The molecule has 2 fully saturated rings. The Balaban J connectivity index is 1.61. The van der Waals surface area contributed by atoms with Gasteiger partial charge in [0.15, 0.2) is 0 Å². The smallest absolute Gasteiger partial charge is 0.0360 e. The maximum Gasteiger partial charge on any atom is -0.0360 e. The van der Waals surface area contributed by atoms with Gasteiger partial charge in [-0.1, -0.05) is 39.5 Å². The van der Waals surface area contributed by atoms with Crippen LogP contribution in [0.3, 0.4) is 0 Å². The summed E-state index contributed by atoms with van der Waals surface area (Å²) in [6.07, 6.45) is 7.63. The maximum atomic E-state index is 2.45. The number of rotatable bonds is 4. The van der Waals surface area contributed by atoms with E-state index in [-0.39, 0.29) is 0 Å². The van der Waals surface area contributed by atoms with Gasteiger partial charge in [0.25, 0.3) is 0 Å². The SMILES string of the molecule is CC(CCC1CC1)C1CC1C. The molecule has 11 heavy (non-hydrogen) atoms. The van der Waals surface area contributed by atoms with Gasteiger partial charge in [-0.15, -0.1) is 0 Å². The summed E-state index contributed by atoms with van der Waals surface area (Å²) in [4.78, 5) is 0. The fourth-order valence-electron chi connectivity index (χ4n) is 2.26. The van der Waals surface area contributed by atoms with Gasteiger partial charge in [0.05, 0.1) is 0 Å². The minimum atomic E-state index is 1.03. The van der Waals surface area contributed by atoms with Crippen LogP contribution in [0, 0.1) is 23.7 Å². The molecule has 0 saturated heterocycles. The van der Waals surface area contributed by atoms with Crippen molar-refractivity contribution in [3.8, 4) is 0 Å². The van der Waals surface area contributed by atoms with Crippen LogP contribution in [-0.4, -0.2) is 0 Å². The van der Waals surface area contributed by atoms with E-state index in [1.165, 1.54) is 32.1 Å². The summed E-state index contributed by atoms with van der Waals surface area (Å²) < 4.78 is 0. The fraction of sp³-hybridized carbons (Fsp3) is 1.00. The summed E-state index contributed by atoms with van der Waals surface area (Å²) in [6.45, 7) is 4.86. The largest absolute Gasteiger partial charge is 0.0622 e. The van der Waals surface area contributed by atoms with E-state index in [9.17, 15) is 0 Å². The molecule has 0 aromatic rings. The summed E-state index contributed by atoms with van der Waals surface area (Å²) >= 11 is 0. The van der Waals surface area contributed by atoms with Crippen LogP contribution in [0.25, 0.3) is 0 Å². The first kappa shape index (κ1) is 7.64. The van der Waals surface area contributed by atoms with Crippen LogP contribution < -0.4 is 0 Å². The molecule has 0 amide bonds. The summed E-state index contributed by atoms with van der Waals surface area (Å²) in [5.41, 5.74) is 0. The first-order chi connectivity index (χ1) is 5.27. The van der Waals surface area contributed by atoms with E-state index in [0.29, 0.717) is 0 Å². The van der Waals surface area contributed by atoms with Crippen LogP contribution in [-0.2, 0) is 0 Å². The lowest BCUT2D eigenvalue weighted by molar-refractivity contribution is 0.422. The van der Waals surface area contributed by atoms with E-state index < -0.39 is 0 Å². The highest BCUT2D eigenvalue weighted by Crippen LogP contribution is 2.46. The number of hydrogen-bond donors (Lipinski definition) is 0. The Bertz CT molecular complexity index is 135. The zero-order chi connectivity index (χ0) is 7.84. The molecular formula is C11H20. The van der Waals surface area contributed by atoms with Crippen molar-refractivity contribution in [1.82, 2.24) is 0 Å². The van der Waals surface area contributed by atoms with Crippen molar-refractivity contribution in [1.29, 1.82) is 0 Å². The van der Waals surface area contributed by atoms with Gasteiger partial charge in [0, 0.05) is 0 Å². The van der Waals surface area contributed by atoms with E-state index >= 15 is 0 Å².